The largest absolute Gasteiger partial charge is 0.497 e. The summed E-state index contributed by atoms with van der Waals surface area (Å²) < 4.78 is 11.4. The molecule has 140 valence electrons. The van der Waals surface area contributed by atoms with Crippen LogP contribution in [0.5, 0.6) is 5.75 Å². The smallest absolute Gasteiger partial charge is 0.135 e. The fraction of sp³-hybridized carbons (Fsp3) is 0.364. The van der Waals surface area contributed by atoms with E-state index in [1.807, 2.05) is 12.3 Å². The van der Waals surface area contributed by atoms with Crippen molar-refractivity contribution < 1.29 is 9.47 Å². The number of ether oxygens (including phenoxy) is 2. The molecule has 0 radical (unpaired) electrons. The Hall–Kier alpha value is -2.66. The Morgan fingerprint density at radius 2 is 1.96 bits per heavy atom. The van der Waals surface area contributed by atoms with E-state index in [0.29, 0.717) is 12.5 Å². The van der Waals surface area contributed by atoms with Crippen LogP contribution >= 0.6 is 0 Å². The average Bonchev–Trinajstić information content (AvgIpc) is 2.73. The SMILES string of the molecule is COc1ccc2cc([C@H]3CN(c4ncncc4C(C)C)CCO3)ccc2c1. The molecule has 1 aliphatic heterocycles. The maximum Gasteiger partial charge on any atom is 0.135 e. The van der Waals surface area contributed by atoms with Gasteiger partial charge in [0, 0.05) is 24.8 Å². The first-order valence-corrected chi connectivity index (χ1v) is 9.40. The van der Waals surface area contributed by atoms with Crippen LogP contribution in [0.3, 0.4) is 0 Å². The number of rotatable bonds is 4. The number of hydrogen-bond donors (Lipinski definition) is 0. The standard InChI is InChI=1S/C22H25N3O2/c1-15(2)20-12-23-14-24-22(20)25-8-9-27-21(13-25)18-5-4-17-11-19(26-3)7-6-16(17)10-18/h4-7,10-12,14-15,21H,8-9,13H2,1-3H3/t21-/m1/s1. The summed E-state index contributed by atoms with van der Waals surface area (Å²) in [4.78, 5) is 11.1. The lowest BCUT2D eigenvalue weighted by Crippen LogP contribution is -2.39. The Morgan fingerprint density at radius 3 is 2.78 bits per heavy atom. The number of morpholine rings is 1. The Bertz CT molecular complexity index is 942. The molecule has 27 heavy (non-hydrogen) atoms. The molecule has 0 bridgehead atoms. The number of methoxy groups -OCH3 is 1. The summed E-state index contributed by atoms with van der Waals surface area (Å²) in [5.74, 6) is 2.29. The van der Waals surface area contributed by atoms with Crippen LogP contribution in [0.25, 0.3) is 10.8 Å². The highest BCUT2D eigenvalue weighted by molar-refractivity contribution is 5.84. The summed E-state index contributed by atoms with van der Waals surface area (Å²) in [5.41, 5.74) is 2.38. The van der Waals surface area contributed by atoms with Crippen molar-refractivity contribution in [2.75, 3.05) is 31.7 Å². The lowest BCUT2D eigenvalue weighted by Gasteiger charge is -2.35. The van der Waals surface area contributed by atoms with Crippen molar-refractivity contribution >= 4 is 16.6 Å². The number of nitrogens with zero attached hydrogens (tertiary/aromatic N) is 3. The second-order valence-corrected chi connectivity index (χ2v) is 7.23. The monoisotopic (exact) mass is 363 g/mol. The molecule has 1 saturated heterocycles. The van der Waals surface area contributed by atoms with E-state index in [-0.39, 0.29) is 6.10 Å². The van der Waals surface area contributed by atoms with Gasteiger partial charge in [0.15, 0.2) is 0 Å². The molecule has 1 atom stereocenters. The Morgan fingerprint density at radius 1 is 1.15 bits per heavy atom. The minimum Gasteiger partial charge on any atom is -0.497 e. The molecule has 0 unspecified atom stereocenters. The quantitative estimate of drug-likeness (QED) is 0.690. The van der Waals surface area contributed by atoms with Crippen molar-refractivity contribution in [3.8, 4) is 5.75 Å². The maximum atomic E-state index is 6.10. The third kappa shape index (κ3) is 3.60. The van der Waals surface area contributed by atoms with E-state index in [2.05, 4.69) is 59.0 Å². The predicted molar refractivity (Wildman–Crippen MR) is 108 cm³/mol. The topological polar surface area (TPSA) is 47.5 Å². The van der Waals surface area contributed by atoms with Gasteiger partial charge in [-0.3, -0.25) is 0 Å². The van der Waals surface area contributed by atoms with Crippen molar-refractivity contribution in [1.29, 1.82) is 0 Å². The zero-order valence-corrected chi connectivity index (χ0v) is 16.1. The van der Waals surface area contributed by atoms with Gasteiger partial charge in [-0.1, -0.05) is 32.0 Å². The minimum atomic E-state index is 0.0280. The second kappa shape index (κ2) is 7.53. The molecule has 5 heteroatoms. The zero-order chi connectivity index (χ0) is 18.8. The average molecular weight is 363 g/mol. The van der Waals surface area contributed by atoms with Crippen LogP contribution in [0.2, 0.25) is 0 Å². The van der Waals surface area contributed by atoms with Crippen molar-refractivity contribution in [3.05, 3.63) is 60.0 Å². The van der Waals surface area contributed by atoms with E-state index >= 15 is 0 Å². The van der Waals surface area contributed by atoms with Crippen LogP contribution in [0, 0.1) is 0 Å². The Balaban J connectivity index is 1.61. The lowest BCUT2D eigenvalue weighted by atomic mass is 10.0. The first-order chi connectivity index (χ1) is 13.2. The van der Waals surface area contributed by atoms with Crippen LogP contribution in [0.4, 0.5) is 5.82 Å². The summed E-state index contributed by atoms with van der Waals surface area (Å²) >= 11 is 0. The third-order valence-corrected chi connectivity index (χ3v) is 5.15. The maximum absolute atomic E-state index is 6.10. The van der Waals surface area contributed by atoms with Crippen LogP contribution in [0.1, 0.15) is 37.0 Å². The van der Waals surface area contributed by atoms with Crippen molar-refractivity contribution in [2.45, 2.75) is 25.9 Å². The van der Waals surface area contributed by atoms with E-state index in [1.165, 1.54) is 21.9 Å². The molecule has 2 heterocycles. The Kier molecular flexibility index (Phi) is 4.94. The summed E-state index contributed by atoms with van der Waals surface area (Å²) in [7, 11) is 1.69. The van der Waals surface area contributed by atoms with Gasteiger partial charge in [0.25, 0.3) is 0 Å². The van der Waals surface area contributed by atoms with E-state index in [4.69, 9.17) is 9.47 Å². The highest BCUT2D eigenvalue weighted by atomic mass is 16.5. The molecule has 1 aliphatic rings. The molecule has 0 saturated carbocycles. The van der Waals surface area contributed by atoms with Crippen LogP contribution in [-0.2, 0) is 4.74 Å². The molecular formula is C22H25N3O2. The normalized spacial score (nSPS) is 17.5. The van der Waals surface area contributed by atoms with Gasteiger partial charge in [0.1, 0.15) is 24.0 Å². The minimum absolute atomic E-state index is 0.0280. The van der Waals surface area contributed by atoms with Crippen molar-refractivity contribution in [1.82, 2.24) is 9.97 Å². The molecule has 3 aromatic rings. The fourth-order valence-corrected chi connectivity index (χ4v) is 3.62. The molecule has 0 aliphatic carbocycles. The van der Waals surface area contributed by atoms with Gasteiger partial charge in [0.05, 0.1) is 13.7 Å². The number of anilines is 1. The number of aromatic nitrogens is 2. The molecular weight excluding hydrogens is 338 g/mol. The number of benzene rings is 2. The highest BCUT2D eigenvalue weighted by Crippen LogP contribution is 2.31. The van der Waals surface area contributed by atoms with E-state index in [9.17, 15) is 0 Å². The van der Waals surface area contributed by atoms with Crippen molar-refractivity contribution in [3.63, 3.8) is 0 Å². The lowest BCUT2D eigenvalue weighted by molar-refractivity contribution is 0.0395. The third-order valence-electron chi connectivity index (χ3n) is 5.15. The molecule has 0 spiro atoms. The van der Waals surface area contributed by atoms with Gasteiger partial charge in [-0.25, -0.2) is 9.97 Å². The zero-order valence-electron chi connectivity index (χ0n) is 16.1. The van der Waals surface area contributed by atoms with Gasteiger partial charge >= 0.3 is 0 Å². The summed E-state index contributed by atoms with van der Waals surface area (Å²) in [6, 6.07) is 12.7. The Labute approximate surface area is 160 Å². The van der Waals surface area contributed by atoms with Crippen LogP contribution in [-0.4, -0.2) is 36.8 Å². The van der Waals surface area contributed by atoms with Gasteiger partial charge < -0.3 is 14.4 Å². The highest BCUT2D eigenvalue weighted by Gasteiger charge is 2.25. The number of fused-ring (bicyclic) bond motifs is 1. The second-order valence-electron chi connectivity index (χ2n) is 7.23. The summed E-state index contributed by atoms with van der Waals surface area (Å²) in [6.45, 7) is 6.68. The van der Waals surface area contributed by atoms with Crippen LogP contribution < -0.4 is 9.64 Å². The first kappa shape index (κ1) is 17.7. The van der Waals surface area contributed by atoms with E-state index < -0.39 is 0 Å². The molecule has 5 nitrogen and oxygen atoms in total. The van der Waals surface area contributed by atoms with E-state index in [0.717, 1.165) is 24.7 Å². The first-order valence-electron chi connectivity index (χ1n) is 9.40. The molecule has 0 N–H and O–H groups in total. The molecule has 1 fully saturated rings. The van der Waals surface area contributed by atoms with Gasteiger partial charge in [-0.05, 0) is 40.5 Å². The molecule has 4 rings (SSSR count). The van der Waals surface area contributed by atoms with Gasteiger partial charge in [0.2, 0.25) is 0 Å². The van der Waals surface area contributed by atoms with E-state index in [1.54, 1.807) is 13.4 Å². The van der Waals surface area contributed by atoms with Crippen LogP contribution in [0.15, 0.2) is 48.9 Å². The van der Waals surface area contributed by atoms with Crippen molar-refractivity contribution in [2.24, 2.45) is 0 Å². The van der Waals surface area contributed by atoms with Gasteiger partial charge in [-0.15, -0.1) is 0 Å². The summed E-state index contributed by atoms with van der Waals surface area (Å²) in [5, 5.41) is 2.36. The molecule has 2 aromatic carbocycles. The van der Waals surface area contributed by atoms with Gasteiger partial charge in [-0.2, -0.15) is 0 Å². The molecule has 1 aromatic heterocycles. The molecule has 0 amide bonds. The predicted octanol–water partition coefficient (Wildman–Crippen LogP) is 4.34. The number of hydrogen-bond acceptors (Lipinski definition) is 5. The summed E-state index contributed by atoms with van der Waals surface area (Å²) in [6.07, 6.45) is 3.59. The fourth-order valence-electron chi connectivity index (χ4n) is 3.62.